The van der Waals surface area contributed by atoms with Crippen LogP contribution in [0.15, 0.2) is 17.2 Å². The maximum absolute atomic E-state index is 10.7. The average Bonchev–Trinajstić information content (AvgIpc) is 2.17. The number of rotatable bonds is 4. The molecular formula is C8H11N3O4. The lowest BCUT2D eigenvalue weighted by atomic mass is 10.1. The number of nitrogens with zero attached hydrogens (tertiary/aromatic N) is 1. The maximum Gasteiger partial charge on any atom is 0.266 e. The van der Waals surface area contributed by atoms with E-state index in [1.807, 2.05) is 0 Å². The van der Waals surface area contributed by atoms with E-state index in [2.05, 4.69) is 9.97 Å². The van der Waals surface area contributed by atoms with E-state index in [4.69, 9.17) is 5.73 Å². The number of nitrogens with one attached hydrogen (secondary N) is 1. The molecule has 82 valence electrons. The topological polar surface area (TPSA) is 129 Å². The molecule has 0 aliphatic heterocycles. The molecule has 0 aromatic carbocycles. The van der Waals surface area contributed by atoms with Gasteiger partial charge in [-0.05, 0) is 0 Å². The van der Waals surface area contributed by atoms with Crippen molar-refractivity contribution in [2.75, 3.05) is 0 Å². The van der Waals surface area contributed by atoms with Gasteiger partial charge >= 0.3 is 0 Å². The summed E-state index contributed by atoms with van der Waals surface area (Å²) >= 11 is 0. The molecule has 1 rings (SSSR count). The van der Waals surface area contributed by atoms with Crippen LogP contribution >= 0.6 is 0 Å². The first kappa shape index (κ1) is 11.3. The smallest absolute Gasteiger partial charge is 0.266 e. The van der Waals surface area contributed by atoms with Crippen LogP contribution in [-0.4, -0.2) is 32.2 Å². The fourth-order valence-corrected chi connectivity index (χ4v) is 1.03. The first-order valence-corrected chi connectivity index (χ1v) is 4.19. The molecule has 2 unspecified atom stereocenters. The molecular weight excluding hydrogens is 202 g/mol. The van der Waals surface area contributed by atoms with Gasteiger partial charge < -0.3 is 20.9 Å². The fourth-order valence-electron chi connectivity index (χ4n) is 1.03. The van der Waals surface area contributed by atoms with Gasteiger partial charge in [0.2, 0.25) is 5.91 Å². The summed E-state index contributed by atoms with van der Waals surface area (Å²) in [6.45, 7) is 0. The van der Waals surface area contributed by atoms with Crippen molar-refractivity contribution in [1.82, 2.24) is 9.97 Å². The number of aliphatic hydroxyl groups excluding tert-OH is 2. The molecule has 1 amide bonds. The highest BCUT2D eigenvalue weighted by Gasteiger charge is 2.21. The highest BCUT2D eigenvalue weighted by molar-refractivity contribution is 5.74. The number of carbonyl (C=O) groups excluding carboxylic acids is 1. The van der Waals surface area contributed by atoms with E-state index in [1.54, 1.807) is 0 Å². The summed E-state index contributed by atoms with van der Waals surface area (Å²) in [4.78, 5) is 27.0. The number of hydrogen-bond donors (Lipinski definition) is 4. The second-order valence-corrected chi connectivity index (χ2v) is 3.02. The quantitative estimate of drug-likeness (QED) is 0.461. The Labute approximate surface area is 84.6 Å². The molecule has 7 heteroatoms. The van der Waals surface area contributed by atoms with Crippen molar-refractivity contribution in [3.8, 4) is 0 Å². The minimum absolute atomic E-state index is 0.0725. The van der Waals surface area contributed by atoms with Crippen molar-refractivity contribution < 1.29 is 15.0 Å². The van der Waals surface area contributed by atoms with Crippen LogP contribution in [0, 0.1) is 0 Å². The zero-order chi connectivity index (χ0) is 11.4. The molecule has 5 N–H and O–H groups in total. The summed E-state index contributed by atoms with van der Waals surface area (Å²) in [5.41, 5.74) is 4.50. The monoisotopic (exact) mass is 213 g/mol. The highest BCUT2D eigenvalue weighted by Crippen LogP contribution is 2.14. The SMILES string of the molecule is NC(=O)CC(O)C(O)c1c[nH]c(=O)cn1. The Morgan fingerprint density at radius 2 is 2.27 bits per heavy atom. The standard InChI is InChI=1S/C8H11N3O4/c9-6(13)1-5(12)8(15)4-2-11-7(14)3-10-4/h2-3,5,8,12,15H,1H2,(H2,9,13)(H,11,14). The first-order chi connectivity index (χ1) is 7.00. The number of aromatic amines is 1. The second kappa shape index (κ2) is 4.67. The minimum Gasteiger partial charge on any atom is -0.389 e. The molecule has 0 aliphatic rings. The molecule has 0 bridgehead atoms. The molecule has 0 spiro atoms. The van der Waals surface area contributed by atoms with Gasteiger partial charge in [-0.15, -0.1) is 0 Å². The third-order valence-electron chi connectivity index (χ3n) is 1.77. The van der Waals surface area contributed by atoms with Crippen LogP contribution in [0.4, 0.5) is 0 Å². The van der Waals surface area contributed by atoms with Crippen molar-refractivity contribution in [3.05, 3.63) is 28.4 Å². The Morgan fingerprint density at radius 1 is 1.60 bits per heavy atom. The minimum atomic E-state index is -1.35. The van der Waals surface area contributed by atoms with E-state index >= 15 is 0 Å². The van der Waals surface area contributed by atoms with E-state index in [1.165, 1.54) is 0 Å². The average molecular weight is 213 g/mol. The number of primary amides is 1. The Hall–Kier alpha value is -1.73. The summed E-state index contributed by atoms with van der Waals surface area (Å²) in [6, 6.07) is 0. The second-order valence-electron chi connectivity index (χ2n) is 3.02. The predicted molar refractivity (Wildman–Crippen MR) is 49.6 cm³/mol. The molecule has 2 atom stereocenters. The summed E-state index contributed by atoms with van der Waals surface area (Å²) in [7, 11) is 0. The Morgan fingerprint density at radius 3 is 2.73 bits per heavy atom. The van der Waals surface area contributed by atoms with E-state index in [9.17, 15) is 19.8 Å². The molecule has 7 nitrogen and oxygen atoms in total. The molecule has 15 heavy (non-hydrogen) atoms. The molecule has 1 aromatic heterocycles. The molecule has 1 aromatic rings. The van der Waals surface area contributed by atoms with Crippen molar-refractivity contribution in [3.63, 3.8) is 0 Å². The lowest BCUT2D eigenvalue weighted by molar-refractivity contribution is -0.121. The van der Waals surface area contributed by atoms with Gasteiger partial charge in [0.05, 0.1) is 24.4 Å². The van der Waals surface area contributed by atoms with Gasteiger partial charge in [0.25, 0.3) is 5.56 Å². The molecule has 0 aliphatic carbocycles. The van der Waals surface area contributed by atoms with Gasteiger partial charge in [-0.25, -0.2) is 0 Å². The zero-order valence-electron chi connectivity index (χ0n) is 7.75. The largest absolute Gasteiger partial charge is 0.389 e. The predicted octanol–water partition coefficient (Wildman–Crippen LogP) is -1.96. The van der Waals surface area contributed by atoms with Crippen molar-refractivity contribution in [2.45, 2.75) is 18.6 Å². The summed E-state index contributed by atoms with van der Waals surface area (Å²) in [6.07, 6.45) is -0.926. The van der Waals surface area contributed by atoms with Crippen LogP contribution in [-0.2, 0) is 4.79 Å². The van der Waals surface area contributed by atoms with Gasteiger partial charge in [-0.3, -0.25) is 14.6 Å². The van der Waals surface area contributed by atoms with Crippen LogP contribution in [0.1, 0.15) is 18.2 Å². The molecule has 0 saturated carbocycles. The Bertz CT molecular complexity index is 383. The number of amides is 1. The normalized spacial score (nSPS) is 14.5. The first-order valence-electron chi connectivity index (χ1n) is 4.19. The van der Waals surface area contributed by atoms with Crippen LogP contribution < -0.4 is 11.3 Å². The van der Waals surface area contributed by atoms with Gasteiger partial charge in [0, 0.05) is 6.20 Å². The molecule has 0 saturated heterocycles. The van der Waals surface area contributed by atoms with Gasteiger partial charge in [-0.1, -0.05) is 0 Å². The molecule has 0 radical (unpaired) electrons. The number of carbonyl (C=O) groups is 1. The summed E-state index contributed by atoms with van der Waals surface area (Å²) in [5, 5.41) is 18.8. The molecule has 1 heterocycles. The zero-order valence-corrected chi connectivity index (χ0v) is 7.75. The maximum atomic E-state index is 10.7. The van der Waals surface area contributed by atoms with Crippen LogP contribution in [0.3, 0.4) is 0 Å². The van der Waals surface area contributed by atoms with Crippen molar-refractivity contribution in [1.29, 1.82) is 0 Å². The van der Waals surface area contributed by atoms with Gasteiger partial charge in [0.1, 0.15) is 6.10 Å². The number of H-pyrrole nitrogens is 1. The van der Waals surface area contributed by atoms with Crippen LogP contribution in [0.5, 0.6) is 0 Å². The Balaban J connectivity index is 2.75. The number of hydrogen-bond acceptors (Lipinski definition) is 5. The summed E-state index contributed by atoms with van der Waals surface area (Å²) < 4.78 is 0. The van der Waals surface area contributed by atoms with Crippen molar-refractivity contribution in [2.24, 2.45) is 5.73 Å². The third-order valence-corrected chi connectivity index (χ3v) is 1.77. The van der Waals surface area contributed by atoms with Crippen LogP contribution in [0.2, 0.25) is 0 Å². The fraction of sp³-hybridized carbons (Fsp3) is 0.375. The van der Waals surface area contributed by atoms with E-state index in [0.717, 1.165) is 12.4 Å². The van der Waals surface area contributed by atoms with Gasteiger partial charge in [0.15, 0.2) is 0 Å². The lowest BCUT2D eigenvalue weighted by Gasteiger charge is -2.14. The number of nitrogens with two attached hydrogens (primary N) is 1. The van der Waals surface area contributed by atoms with Crippen molar-refractivity contribution >= 4 is 5.91 Å². The Kier molecular flexibility index (Phi) is 3.53. The number of aromatic nitrogens is 2. The summed E-state index contributed by atoms with van der Waals surface area (Å²) in [5.74, 6) is -0.731. The van der Waals surface area contributed by atoms with Gasteiger partial charge in [-0.2, -0.15) is 0 Å². The van der Waals surface area contributed by atoms with Crippen LogP contribution in [0.25, 0.3) is 0 Å². The van der Waals surface area contributed by atoms with E-state index in [-0.39, 0.29) is 12.1 Å². The molecule has 0 fully saturated rings. The lowest BCUT2D eigenvalue weighted by Crippen LogP contribution is -2.26. The third kappa shape index (κ3) is 3.15. The van der Waals surface area contributed by atoms with E-state index in [0.29, 0.717) is 0 Å². The highest BCUT2D eigenvalue weighted by atomic mass is 16.3. The number of aliphatic hydroxyl groups is 2. The van der Waals surface area contributed by atoms with E-state index < -0.39 is 23.7 Å².